The van der Waals surface area contributed by atoms with E-state index in [4.69, 9.17) is 0 Å². The van der Waals surface area contributed by atoms with Crippen molar-refractivity contribution in [2.45, 2.75) is 12.8 Å². The lowest BCUT2D eigenvalue weighted by atomic mass is 9.93. The van der Waals surface area contributed by atoms with E-state index in [1.54, 1.807) is 0 Å². The van der Waals surface area contributed by atoms with Crippen LogP contribution in [0, 0.1) is 17.8 Å². The summed E-state index contributed by atoms with van der Waals surface area (Å²) in [6.07, 6.45) is 7.85. The quantitative estimate of drug-likeness (QED) is 0.631. The molecular formula is C13H22N2. The molecule has 0 spiro atoms. The van der Waals surface area contributed by atoms with Crippen LogP contribution >= 0.6 is 0 Å². The van der Waals surface area contributed by atoms with Crippen molar-refractivity contribution in [3.05, 3.63) is 12.2 Å². The Morgan fingerprint density at radius 2 is 1.87 bits per heavy atom. The van der Waals surface area contributed by atoms with Gasteiger partial charge in [0.05, 0.1) is 0 Å². The molecule has 2 fully saturated rings. The van der Waals surface area contributed by atoms with Gasteiger partial charge in [0.2, 0.25) is 0 Å². The van der Waals surface area contributed by atoms with E-state index in [1.165, 1.54) is 45.6 Å². The van der Waals surface area contributed by atoms with E-state index < -0.39 is 0 Å². The SMILES string of the molecule is CN1CCN(C[C@@H]2C[C@@H]3C=C[C@@H]2C3)CC1. The zero-order valence-corrected chi connectivity index (χ0v) is 9.73. The van der Waals surface area contributed by atoms with Gasteiger partial charge in [-0.05, 0) is 37.6 Å². The Balaban J connectivity index is 1.51. The van der Waals surface area contributed by atoms with E-state index in [0.717, 1.165) is 17.8 Å². The number of piperazine rings is 1. The molecule has 0 aromatic rings. The van der Waals surface area contributed by atoms with E-state index >= 15 is 0 Å². The van der Waals surface area contributed by atoms with Crippen LogP contribution in [0.3, 0.4) is 0 Å². The molecule has 3 aliphatic rings. The molecule has 1 heterocycles. The molecule has 0 N–H and O–H groups in total. The average molecular weight is 206 g/mol. The van der Waals surface area contributed by atoms with Crippen LogP contribution in [0.2, 0.25) is 0 Å². The number of fused-ring (bicyclic) bond motifs is 2. The number of rotatable bonds is 2. The highest BCUT2D eigenvalue weighted by Gasteiger charge is 2.36. The molecule has 1 saturated heterocycles. The standard InChI is InChI=1S/C13H22N2/c1-14-4-6-15(7-5-14)10-13-9-11-2-3-12(13)8-11/h2-3,11-13H,4-10H2,1H3/t11-,12-,13+/m1/s1. The fourth-order valence-corrected chi connectivity index (χ4v) is 3.47. The van der Waals surface area contributed by atoms with Crippen LogP contribution in [0.1, 0.15) is 12.8 Å². The first-order valence-electron chi connectivity index (χ1n) is 6.40. The Bertz CT molecular complexity index is 253. The van der Waals surface area contributed by atoms with Gasteiger partial charge >= 0.3 is 0 Å². The Labute approximate surface area is 92.9 Å². The topological polar surface area (TPSA) is 6.48 Å². The molecule has 0 aromatic carbocycles. The van der Waals surface area contributed by atoms with Crippen LogP contribution in [0.25, 0.3) is 0 Å². The third-order valence-electron chi connectivity index (χ3n) is 4.50. The number of hydrogen-bond acceptors (Lipinski definition) is 2. The Morgan fingerprint density at radius 1 is 1.07 bits per heavy atom. The Kier molecular flexibility index (Phi) is 2.57. The minimum atomic E-state index is 0.926. The molecule has 3 atom stereocenters. The van der Waals surface area contributed by atoms with Crippen LogP contribution in [0.5, 0.6) is 0 Å². The second-order valence-electron chi connectivity index (χ2n) is 5.64. The summed E-state index contributed by atoms with van der Waals surface area (Å²) < 4.78 is 0. The highest BCUT2D eigenvalue weighted by atomic mass is 15.2. The van der Waals surface area contributed by atoms with Crippen molar-refractivity contribution in [3.63, 3.8) is 0 Å². The van der Waals surface area contributed by atoms with E-state index in [2.05, 4.69) is 29.0 Å². The fourth-order valence-electron chi connectivity index (χ4n) is 3.47. The Hall–Kier alpha value is -0.340. The van der Waals surface area contributed by atoms with Crippen molar-refractivity contribution in [3.8, 4) is 0 Å². The van der Waals surface area contributed by atoms with Gasteiger partial charge in [-0.1, -0.05) is 12.2 Å². The van der Waals surface area contributed by atoms with Gasteiger partial charge in [0.1, 0.15) is 0 Å². The largest absolute Gasteiger partial charge is 0.304 e. The summed E-state index contributed by atoms with van der Waals surface area (Å²) in [6.45, 7) is 6.45. The van der Waals surface area contributed by atoms with E-state index in [-0.39, 0.29) is 0 Å². The van der Waals surface area contributed by atoms with Gasteiger partial charge in [0.25, 0.3) is 0 Å². The first-order valence-corrected chi connectivity index (χ1v) is 6.40. The first-order chi connectivity index (χ1) is 7.31. The summed E-state index contributed by atoms with van der Waals surface area (Å²) >= 11 is 0. The van der Waals surface area contributed by atoms with Gasteiger partial charge in [-0.15, -0.1) is 0 Å². The molecular weight excluding hydrogens is 184 g/mol. The third-order valence-corrected chi connectivity index (χ3v) is 4.50. The smallest absolute Gasteiger partial charge is 0.0110 e. The second-order valence-corrected chi connectivity index (χ2v) is 5.64. The summed E-state index contributed by atoms with van der Waals surface area (Å²) in [5.41, 5.74) is 0. The normalized spacial score (nSPS) is 41.5. The maximum absolute atomic E-state index is 2.68. The van der Waals surface area contributed by atoms with Gasteiger partial charge in [0, 0.05) is 32.7 Å². The zero-order chi connectivity index (χ0) is 10.3. The monoisotopic (exact) mass is 206 g/mol. The van der Waals surface area contributed by atoms with Gasteiger partial charge in [-0.2, -0.15) is 0 Å². The molecule has 2 bridgehead atoms. The molecule has 0 amide bonds. The maximum Gasteiger partial charge on any atom is 0.0110 e. The summed E-state index contributed by atoms with van der Waals surface area (Å²) in [5, 5.41) is 0. The van der Waals surface area contributed by atoms with Crippen molar-refractivity contribution >= 4 is 0 Å². The van der Waals surface area contributed by atoms with E-state index in [0.29, 0.717) is 0 Å². The van der Waals surface area contributed by atoms with Crippen LogP contribution in [0.4, 0.5) is 0 Å². The van der Waals surface area contributed by atoms with E-state index in [1.807, 2.05) is 0 Å². The molecule has 0 radical (unpaired) electrons. The Morgan fingerprint density at radius 3 is 2.47 bits per heavy atom. The van der Waals surface area contributed by atoms with Gasteiger partial charge in [-0.3, -0.25) is 0 Å². The van der Waals surface area contributed by atoms with E-state index in [9.17, 15) is 0 Å². The molecule has 0 aromatic heterocycles. The van der Waals surface area contributed by atoms with Gasteiger partial charge in [-0.25, -0.2) is 0 Å². The van der Waals surface area contributed by atoms with Crippen LogP contribution in [-0.2, 0) is 0 Å². The molecule has 15 heavy (non-hydrogen) atoms. The second kappa shape index (κ2) is 3.91. The zero-order valence-electron chi connectivity index (χ0n) is 9.73. The van der Waals surface area contributed by atoms with Crippen molar-refractivity contribution in [2.24, 2.45) is 17.8 Å². The summed E-state index contributed by atoms with van der Waals surface area (Å²) in [5.74, 6) is 2.84. The molecule has 0 unspecified atom stereocenters. The highest BCUT2D eigenvalue weighted by Crippen LogP contribution is 2.43. The predicted molar refractivity (Wildman–Crippen MR) is 62.8 cm³/mol. The molecule has 2 heteroatoms. The first kappa shape index (κ1) is 9.86. The lowest BCUT2D eigenvalue weighted by Crippen LogP contribution is -2.46. The maximum atomic E-state index is 2.68. The third kappa shape index (κ3) is 1.98. The minimum absolute atomic E-state index is 0.926. The summed E-state index contributed by atoms with van der Waals surface area (Å²) in [7, 11) is 2.23. The number of allylic oxidation sites excluding steroid dienone is 2. The van der Waals surface area contributed by atoms with Crippen molar-refractivity contribution < 1.29 is 0 Å². The van der Waals surface area contributed by atoms with Gasteiger partial charge < -0.3 is 9.80 Å². The molecule has 2 nitrogen and oxygen atoms in total. The molecule has 1 aliphatic heterocycles. The molecule has 2 aliphatic carbocycles. The van der Waals surface area contributed by atoms with Crippen molar-refractivity contribution in [1.82, 2.24) is 9.80 Å². The predicted octanol–water partition coefficient (Wildman–Crippen LogP) is 1.45. The average Bonchev–Trinajstić information content (AvgIpc) is 2.83. The number of nitrogens with zero attached hydrogens (tertiary/aromatic N) is 2. The van der Waals surface area contributed by atoms with Crippen LogP contribution < -0.4 is 0 Å². The van der Waals surface area contributed by atoms with Crippen molar-refractivity contribution in [1.29, 1.82) is 0 Å². The molecule has 1 saturated carbocycles. The number of hydrogen-bond donors (Lipinski definition) is 0. The van der Waals surface area contributed by atoms with Crippen LogP contribution in [0.15, 0.2) is 12.2 Å². The summed E-state index contributed by atoms with van der Waals surface area (Å²) in [4.78, 5) is 5.12. The molecule has 3 rings (SSSR count). The fraction of sp³-hybridized carbons (Fsp3) is 0.846. The minimum Gasteiger partial charge on any atom is -0.304 e. The van der Waals surface area contributed by atoms with Crippen LogP contribution in [-0.4, -0.2) is 49.6 Å². The summed E-state index contributed by atoms with van der Waals surface area (Å²) in [6, 6.07) is 0. The lowest BCUT2D eigenvalue weighted by Gasteiger charge is -2.35. The lowest BCUT2D eigenvalue weighted by molar-refractivity contribution is 0.130. The van der Waals surface area contributed by atoms with Gasteiger partial charge in [0.15, 0.2) is 0 Å². The highest BCUT2D eigenvalue weighted by molar-refractivity contribution is 5.10. The number of likely N-dealkylation sites (N-methyl/N-ethyl adjacent to an activating group) is 1. The molecule has 84 valence electrons. The van der Waals surface area contributed by atoms with Crippen molar-refractivity contribution in [2.75, 3.05) is 39.8 Å².